The van der Waals surface area contributed by atoms with Gasteiger partial charge in [0.05, 0.1) is 13.2 Å². The zero-order valence-corrected chi connectivity index (χ0v) is 12.1. The summed E-state index contributed by atoms with van der Waals surface area (Å²) in [5.74, 6) is 0.409. The van der Waals surface area contributed by atoms with Crippen molar-refractivity contribution in [2.45, 2.75) is 19.4 Å². The molecule has 0 spiro atoms. The average molecular weight is 295 g/mol. The van der Waals surface area contributed by atoms with Crippen molar-refractivity contribution in [1.82, 2.24) is 0 Å². The van der Waals surface area contributed by atoms with Crippen molar-refractivity contribution in [2.75, 3.05) is 7.11 Å². The van der Waals surface area contributed by atoms with Crippen LogP contribution in [0.15, 0.2) is 36.4 Å². The Bertz CT molecular complexity index is 613. The van der Waals surface area contributed by atoms with E-state index in [1.807, 2.05) is 13.0 Å². The molecule has 1 atom stereocenters. The number of methoxy groups -OCH3 is 1. The molecule has 0 fully saturated rings. The highest BCUT2D eigenvalue weighted by atomic mass is 35.5. The second-order valence-corrected chi connectivity index (χ2v) is 5.09. The summed E-state index contributed by atoms with van der Waals surface area (Å²) in [5, 5.41) is 10.7. The number of hydrogen-bond donors (Lipinski definition) is 1. The van der Waals surface area contributed by atoms with E-state index in [1.165, 1.54) is 18.2 Å². The van der Waals surface area contributed by atoms with Crippen LogP contribution in [0.3, 0.4) is 0 Å². The molecule has 2 aromatic rings. The summed E-state index contributed by atoms with van der Waals surface area (Å²) in [6.07, 6.45) is -0.471. The number of benzene rings is 2. The number of hydrogen-bond acceptors (Lipinski definition) is 2. The smallest absolute Gasteiger partial charge is 0.123 e. The third kappa shape index (κ3) is 3.30. The first-order valence-electron chi connectivity index (χ1n) is 6.28. The Morgan fingerprint density at radius 2 is 2.00 bits per heavy atom. The fourth-order valence-electron chi connectivity index (χ4n) is 2.13. The van der Waals surface area contributed by atoms with Gasteiger partial charge in [-0.3, -0.25) is 0 Å². The van der Waals surface area contributed by atoms with Crippen LogP contribution < -0.4 is 4.74 Å². The third-order valence-corrected chi connectivity index (χ3v) is 3.59. The predicted molar refractivity (Wildman–Crippen MR) is 77.8 cm³/mol. The van der Waals surface area contributed by atoms with E-state index in [0.717, 1.165) is 16.9 Å². The first-order chi connectivity index (χ1) is 9.51. The van der Waals surface area contributed by atoms with Crippen LogP contribution in [0.2, 0.25) is 5.02 Å². The summed E-state index contributed by atoms with van der Waals surface area (Å²) in [6.45, 7) is 1.91. The van der Waals surface area contributed by atoms with Crippen LogP contribution >= 0.6 is 11.6 Å². The molecule has 1 N–H and O–H groups in total. The van der Waals surface area contributed by atoms with E-state index < -0.39 is 6.10 Å². The van der Waals surface area contributed by atoms with Crippen molar-refractivity contribution >= 4 is 11.6 Å². The molecule has 0 heterocycles. The number of aliphatic hydroxyl groups excluding tert-OH is 1. The molecule has 20 heavy (non-hydrogen) atoms. The van der Waals surface area contributed by atoms with Gasteiger partial charge in [0.1, 0.15) is 11.6 Å². The van der Waals surface area contributed by atoms with Crippen LogP contribution in [0, 0.1) is 12.7 Å². The lowest BCUT2D eigenvalue weighted by molar-refractivity contribution is 0.178. The normalized spacial score (nSPS) is 12.2. The lowest BCUT2D eigenvalue weighted by Crippen LogP contribution is -2.03. The number of ether oxygens (including phenoxy) is 1. The minimum atomic E-state index is -0.737. The highest BCUT2D eigenvalue weighted by molar-refractivity contribution is 6.31. The van der Waals surface area contributed by atoms with Crippen molar-refractivity contribution in [3.63, 3.8) is 0 Å². The molecular weight excluding hydrogens is 279 g/mol. The van der Waals surface area contributed by atoms with Crippen molar-refractivity contribution in [3.8, 4) is 5.75 Å². The Hall–Kier alpha value is -1.58. The lowest BCUT2D eigenvalue weighted by Gasteiger charge is -2.14. The maximum absolute atomic E-state index is 13.2. The van der Waals surface area contributed by atoms with E-state index in [1.54, 1.807) is 19.2 Å². The monoisotopic (exact) mass is 294 g/mol. The van der Waals surface area contributed by atoms with Crippen LogP contribution in [0.4, 0.5) is 4.39 Å². The molecule has 0 bridgehead atoms. The molecule has 0 aliphatic carbocycles. The zero-order valence-electron chi connectivity index (χ0n) is 11.4. The third-order valence-electron chi connectivity index (χ3n) is 3.22. The lowest BCUT2D eigenvalue weighted by atomic mass is 9.99. The quantitative estimate of drug-likeness (QED) is 0.921. The van der Waals surface area contributed by atoms with Gasteiger partial charge < -0.3 is 9.84 Å². The Labute approximate surface area is 122 Å². The number of aliphatic hydroxyl groups is 1. The van der Waals surface area contributed by atoms with Gasteiger partial charge in [-0.1, -0.05) is 17.7 Å². The van der Waals surface area contributed by atoms with Gasteiger partial charge in [-0.25, -0.2) is 4.39 Å². The fraction of sp³-hybridized carbons (Fsp3) is 0.250. The second-order valence-electron chi connectivity index (χ2n) is 4.68. The Morgan fingerprint density at radius 3 is 2.65 bits per heavy atom. The van der Waals surface area contributed by atoms with Crippen LogP contribution in [0.5, 0.6) is 5.75 Å². The summed E-state index contributed by atoms with van der Waals surface area (Å²) in [7, 11) is 1.60. The summed E-state index contributed by atoms with van der Waals surface area (Å²) in [4.78, 5) is 0. The van der Waals surface area contributed by atoms with Crippen molar-refractivity contribution in [2.24, 2.45) is 0 Å². The standard InChI is InChI=1S/C16H16ClFO2/c1-10-7-11(3-6-16(10)20-2)15(19)9-12-8-13(18)4-5-14(12)17/h3-8,15,19H,9H2,1-2H3. The molecule has 4 heteroatoms. The molecular formula is C16H16ClFO2. The number of halogens is 2. The first kappa shape index (κ1) is 14.8. The molecule has 0 aliphatic heterocycles. The Balaban J connectivity index is 2.21. The maximum Gasteiger partial charge on any atom is 0.123 e. The van der Waals surface area contributed by atoms with Gasteiger partial charge in [0.15, 0.2) is 0 Å². The highest BCUT2D eigenvalue weighted by Gasteiger charge is 2.13. The Morgan fingerprint density at radius 1 is 1.25 bits per heavy atom. The molecule has 0 aliphatic rings. The van der Waals surface area contributed by atoms with Gasteiger partial charge in [-0.05, 0) is 53.9 Å². The van der Waals surface area contributed by atoms with Gasteiger partial charge >= 0.3 is 0 Å². The summed E-state index contributed by atoms with van der Waals surface area (Å²) in [5.41, 5.74) is 2.28. The van der Waals surface area contributed by atoms with Gasteiger partial charge in [0, 0.05) is 11.4 Å². The SMILES string of the molecule is COc1ccc(C(O)Cc2cc(F)ccc2Cl)cc1C. The van der Waals surface area contributed by atoms with Crippen molar-refractivity contribution in [1.29, 1.82) is 0 Å². The molecule has 0 amide bonds. The molecule has 0 saturated heterocycles. The molecule has 106 valence electrons. The maximum atomic E-state index is 13.2. The topological polar surface area (TPSA) is 29.5 Å². The molecule has 2 nitrogen and oxygen atoms in total. The fourth-order valence-corrected chi connectivity index (χ4v) is 2.33. The minimum absolute atomic E-state index is 0.266. The predicted octanol–water partition coefficient (Wildman–Crippen LogP) is 4.07. The van der Waals surface area contributed by atoms with Crippen LogP contribution in [-0.4, -0.2) is 12.2 Å². The summed E-state index contributed by atoms with van der Waals surface area (Å²) < 4.78 is 18.4. The van der Waals surface area contributed by atoms with E-state index in [4.69, 9.17) is 16.3 Å². The highest BCUT2D eigenvalue weighted by Crippen LogP contribution is 2.27. The molecule has 0 aromatic heterocycles. The average Bonchev–Trinajstić information content (AvgIpc) is 2.42. The summed E-state index contributed by atoms with van der Waals surface area (Å²) >= 11 is 6.01. The van der Waals surface area contributed by atoms with E-state index in [-0.39, 0.29) is 12.2 Å². The number of aryl methyl sites for hydroxylation is 1. The van der Waals surface area contributed by atoms with E-state index in [0.29, 0.717) is 10.6 Å². The van der Waals surface area contributed by atoms with Crippen LogP contribution in [0.1, 0.15) is 22.8 Å². The first-order valence-corrected chi connectivity index (χ1v) is 6.65. The van der Waals surface area contributed by atoms with Crippen LogP contribution in [0.25, 0.3) is 0 Å². The molecule has 1 unspecified atom stereocenters. The van der Waals surface area contributed by atoms with Gasteiger partial charge in [0.25, 0.3) is 0 Å². The second kappa shape index (κ2) is 6.25. The molecule has 2 rings (SSSR count). The largest absolute Gasteiger partial charge is 0.496 e. The zero-order chi connectivity index (χ0) is 14.7. The van der Waals surface area contributed by atoms with Gasteiger partial charge in [-0.15, -0.1) is 0 Å². The van der Waals surface area contributed by atoms with Crippen LogP contribution in [-0.2, 0) is 6.42 Å². The summed E-state index contributed by atoms with van der Waals surface area (Å²) in [6, 6.07) is 9.61. The molecule has 0 saturated carbocycles. The van der Waals surface area contributed by atoms with E-state index in [2.05, 4.69) is 0 Å². The van der Waals surface area contributed by atoms with Crippen molar-refractivity contribution in [3.05, 3.63) is 63.9 Å². The Kier molecular flexibility index (Phi) is 4.63. The minimum Gasteiger partial charge on any atom is -0.496 e. The van der Waals surface area contributed by atoms with E-state index >= 15 is 0 Å². The van der Waals surface area contributed by atoms with Gasteiger partial charge in [-0.2, -0.15) is 0 Å². The van der Waals surface area contributed by atoms with Gasteiger partial charge in [0.2, 0.25) is 0 Å². The molecule has 2 aromatic carbocycles. The molecule has 0 radical (unpaired) electrons. The van der Waals surface area contributed by atoms with E-state index in [9.17, 15) is 9.50 Å². The van der Waals surface area contributed by atoms with Crippen molar-refractivity contribution < 1.29 is 14.2 Å². The number of rotatable bonds is 4.